The first-order valence-corrected chi connectivity index (χ1v) is 9.29. The van der Waals surface area contributed by atoms with E-state index < -0.39 is 0 Å². The van der Waals surface area contributed by atoms with E-state index in [-0.39, 0.29) is 0 Å². The lowest BCUT2D eigenvalue weighted by molar-refractivity contribution is 0.328. The number of unbranched alkanes of at least 4 members (excludes halogenated alkanes) is 5. The van der Waals surface area contributed by atoms with Crippen molar-refractivity contribution in [1.29, 1.82) is 0 Å². The maximum atomic E-state index is 2.32. The molecule has 0 N–H and O–H groups in total. The van der Waals surface area contributed by atoms with Gasteiger partial charge < -0.3 is 0 Å². The van der Waals surface area contributed by atoms with Crippen molar-refractivity contribution >= 4 is 8.58 Å². The van der Waals surface area contributed by atoms with E-state index in [9.17, 15) is 0 Å². The molecule has 96 valence electrons. The fraction of sp³-hybridized carbons (Fsp3) is 1.00. The van der Waals surface area contributed by atoms with Crippen LogP contribution in [0.15, 0.2) is 0 Å². The summed E-state index contributed by atoms with van der Waals surface area (Å²) in [5, 5.41) is 0. The Labute approximate surface area is 105 Å². The molecule has 0 aromatic heterocycles. The lowest BCUT2D eigenvalue weighted by Gasteiger charge is -2.21. The first-order valence-electron chi connectivity index (χ1n) is 7.58. The molecule has 0 heterocycles. The fourth-order valence-electron chi connectivity index (χ4n) is 2.92. The predicted molar refractivity (Wildman–Crippen MR) is 78.0 cm³/mol. The van der Waals surface area contributed by atoms with Crippen LogP contribution in [-0.2, 0) is 0 Å². The molecule has 0 aromatic carbocycles. The summed E-state index contributed by atoms with van der Waals surface area (Å²) >= 11 is 0. The summed E-state index contributed by atoms with van der Waals surface area (Å²) in [5.74, 6) is 1.11. The van der Waals surface area contributed by atoms with Gasteiger partial charge in [-0.1, -0.05) is 70.6 Å². The van der Waals surface area contributed by atoms with Gasteiger partial charge in [0.25, 0.3) is 0 Å². The lowest BCUT2D eigenvalue weighted by Crippen LogP contribution is -2.05. The smallest absolute Gasteiger partial charge is 0.0356 e. The van der Waals surface area contributed by atoms with E-state index in [0.717, 1.165) is 5.92 Å². The van der Waals surface area contributed by atoms with Crippen molar-refractivity contribution in [2.75, 3.05) is 12.8 Å². The molecule has 1 saturated carbocycles. The predicted octanol–water partition coefficient (Wildman–Crippen LogP) is 5.61. The summed E-state index contributed by atoms with van der Waals surface area (Å²) in [5.41, 5.74) is 0. The Kier molecular flexibility index (Phi) is 9.58. The third-order valence-corrected chi connectivity index (χ3v) is 4.87. The van der Waals surface area contributed by atoms with Crippen LogP contribution in [0.4, 0.5) is 0 Å². The topological polar surface area (TPSA) is 0 Å². The van der Waals surface area contributed by atoms with Crippen LogP contribution in [0.5, 0.6) is 0 Å². The highest BCUT2D eigenvalue weighted by atomic mass is 31.1. The Morgan fingerprint density at radius 3 is 2.12 bits per heavy atom. The first-order chi connectivity index (χ1) is 7.93. The minimum atomic E-state index is 1.11. The lowest BCUT2D eigenvalue weighted by atomic mass is 9.85. The van der Waals surface area contributed by atoms with Gasteiger partial charge in [0.05, 0.1) is 0 Å². The van der Waals surface area contributed by atoms with Gasteiger partial charge in [0.1, 0.15) is 0 Å². The summed E-state index contributed by atoms with van der Waals surface area (Å²) in [6.45, 7) is 2.32. The van der Waals surface area contributed by atoms with Crippen molar-refractivity contribution < 1.29 is 0 Å². The van der Waals surface area contributed by atoms with Crippen molar-refractivity contribution in [2.45, 2.75) is 77.0 Å². The van der Waals surface area contributed by atoms with E-state index in [4.69, 9.17) is 0 Å². The van der Waals surface area contributed by atoms with Crippen molar-refractivity contribution in [3.63, 3.8) is 0 Å². The third kappa shape index (κ3) is 7.66. The van der Waals surface area contributed by atoms with Crippen LogP contribution in [0.25, 0.3) is 0 Å². The van der Waals surface area contributed by atoms with E-state index in [1.807, 2.05) is 0 Å². The molecule has 1 unspecified atom stereocenters. The molecule has 0 bridgehead atoms. The minimum Gasteiger partial charge on any atom is -0.125 e. The van der Waals surface area contributed by atoms with Crippen molar-refractivity contribution in [3.05, 3.63) is 0 Å². The molecule has 0 spiro atoms. The Balaban J connectivity index is 1.77. The molecule has 0 radical (unpaired) electrons. The van der Waals surface area contributed by atoms with Crippen molar-refractivity contribution in [3.8, 4) is 0 Å². The van der Waals surface area contributed by atoms with Gasteiger partial charge in [-0.05, 0) is 25.2 Å². The van der Waals surface area contributed by atoms with E-state index in [0.29, 0.717) is 0 Å². The molecule has 1 rings (SSSR count). The maximum absolute atomic E-state index is 2.32. The molecule has 1 aliphatic rings. The average molecular weight is 242 g/mol. The molecular weight excluding hydrogens is 211 g/mol. The second-order valence-corrected chi connectivity index (χ2v) is 6.72. The molecule has 0 aliphatic heterocycles. The molecule has 0 saturated heterocycles. The number of rotatable bonds is 9. The number of hydrogen-bond acceptors (Lipinski definition) is 0. The second-order valence-electron chi connectivity index (χ2n) is 5.52. The van der Waals surface area contributed by atoms with Gasteiger partial charge in [-0.25, -0.2) is 0 Å². The van der Waals surface area contributed by atoms with E-state index in [2.05, 4.69) is 6.66 Å². The molecule has 1 fully saturated rings. The van der Waals surface area contributed by atoms with Crippen LogP contribution < -0.4 is 0 Å². The van der Waals surface area contributed by atoms with Crippen LogP contribution in [0.3, 0.4) is 0 Å². The summed E-state index contributed by atoms with van der Waals surface area (Å²) in [4.78, 5) is 0. The second kappa shape index (κ2) is 10.6. The molecule has 16 heavy (non-hydrogen) atoms. The molecule has 0 amide bonds. The Hall–Kier alpha value is 0.430. The van der Waals surface area contributed by atoms with Gasteiger partial charge in [-0.2, -0.15) is 0 Å². The van der Waals surface area contributed by atoms with Crippen LogP contribution in [0, 0.1) is 5.92 Å². The standard InChI is InChI=1S/C15H31P/c1-16-14-10-5-3-2-4-7-11-15-12-8-6-9-13-15/h15-16H,2-14H2,1H3. The monoisotopic (exact) mass is 242 g/mol. The van der Waals surface area contributed by atoms with E-state index in [1.54, 1.807) is 0 Å². The average Bonchev–Trinajstić information content (AvgIpc) is 2.34. The van der Waals surface area contributed by atoms with Gasteiger partial charge in [-0.15, -0.1) is 8.58 Å². The normalized spacial score (nSPS) is 18.6. The highest BCUT2D eigenvalue weighted by Gasteiger charge is 2.12. The minimum absolute atomic E-state index is 1.11. The van der Waals surface area contributed by atoms with Gasteiger partial charge >= 0.3 is 0 Å². The summed E-state index contributed by atoms with van der Waals surface area (Å²) in [6, 6.07) is 0. The molecule has 0 aromatic rings. The zero-order valence-electron chi connectivity index (χ0n) is 11.3. The Morgan fingerprint density at radius 2 is 1.44 bits per heavy atom. The summed E-state index contributed by atoms with van der Waals surface area (Å²) in [6.07, 6.45) is 19.6. The quantitative estimate of drug-likeness (QED) is 0.364. The highest BCUT2D eigenvalue weighted by molar-refractivity contribution is 7.36. The highest BCUT2D eigenvalue weighted by Crippen LogP contribution is 2.28. The van der Waals surface area contributed by atoms with Gasteiger partial charge in [0.2, 0.25) is 0 Å². The first kappa shape index (κ1) is 14.5. The zero-order chi connectivity index (χ0) is 11.5. The van der Waals surface area contributed by atoms with Crippen molar-refractivity contribution in [1.82, 2.24) is 0 Å². The van der Waals surface area contributed by atoms with Crippen LogP contribution >= 0.6 is 8.58 Å². The van der Waals surface area contributed by atoms with Crippen molar-refractivity contribution in [2.24, 2.45) is 5.92 Å². The zero-order valence-corrected chi connectivity index (χ0v) is 12.3. The maximum Gasteiger partial charge on any atom is -0.0356 e. The van der Waals surface area contributed by atoms with Gasteiger partial charge in [0, 0.05) is 0 Å². The molecule has 1 atom stereocenters. The molecular formula is C15H31P. The molecule has 1 heteroatoms. The number of hydrogen-bond donors (Lipinski definition) is 0. The third-order valence-electron chi connectivity index (χ3n) is 4.01. The molecule has 1 aliphatic carbocycles. The Morgan fingerprint density at radius 1 is 0.812 bits per heavy atom. The molecule has 0 nitrogen and oxygen atoms in total. The summed E-state index contributed by atoms with van der Waals surface area (Å²) < 4.78 is 0. The summed E-state index contributed by atoms with van der Waals surface area (Å²) in [7, 11) is 1.17. The van der Waals surface area contributed by atoms with Gasteiger partial charge in [-0.3, -0.25) is 0 Å². The van der Waals surface area contributed by atoms with E-state index >= 15 is 0 Å². The van der Waals surface area contributed by atoms with Gasteiger partial charge in [0.15, 0.2) is 0 Å². The van der Waals surface area contributed by atoms with Crippen LogP contribution in [0.1, 0.15) is 77.0 Å². The van der Waals surface area contributed by atoms with E-state index in [1.165, 1.54) is 91.8 Å². The fourth-order valence-corrected chi connectivity index (χ4v) is 3.52. The van der Waals surface area contributed by atoms with Crippen LogP contribution in [0.2, 0.25) is 0 Å². The SMILES string of the molecule is CPCCCCCCCCC1CCCCC1. The van der Waals surface area contributed by atoms with Crippen LogP contribution in [-0.4, -0.2) is 12.8 Å². The Bertz CT molecular complexity index is 138. The largest absolute Gasteiger partial charge is 0.125 e.